The van der Waals surface area contributed by atoms with Gasteiger partial charge in [-0.3, -0.25) is 4.79 Å². The fourth-order valence-electron chi connectivity index (χ4n) is 1.99. The second kappa shape index (κ2) is 5.76. The van der Waals surface area contributed by atoms with Crippen LogP contribution in [-0.4, -0.2) is 12.9 Å². The summed E-state index contributed by atoms with van der Waals surface area (Å²) in [7, 11) is 1.45. The molecule has 2 aromatic carbocycles. The molecule has 19 heavy (non-hydrogen) atoms. The molecule has 3 heteroatoms. The van der Waals surface area contributed by atoms with Gasteiger partial charge in [-0.2, -0.15) is 0 Å². The smallest absolute Gasteiger partial charge is 0.199 e. The van der Waals surface area contributed by atoms with Crippen LogP contribution in [0, 0.1) is 12.7 Å². The third-order valence-corrected chi connectivity index (χ3v) is 2.96. The van der Waals surface area contributed by atoms with E-state index in [1.807, 2.05) is 25.1 Å². The first-order valence-electron chi connectivity index (χ1n) is 6.01. The summed E-state index contributed by atoms with van der Waals surface area (Å²) in [6.07, 6.45) is -0.780. The number of carbonyl (C=O) groups excluding carboxylic acids is 1. The van der Waals surface area contributed by atoms with Gasteiger partial charge in [-0.15, -0.1) is 0 Å². The van der Waals surface area contributed by atoms with Gasteiger partial charge in [-0.1, -0.05) is 42.0 Å². The van der Waals surface area contributed by atoms with Gasteiger partial charge < -0.3 is 4.74 Å². The molecule has 0 radical (unpaired) electrons. The Kier molecular flexibility index (Phi) is 4.07. The van der Waals surface area contributed by atoms with Gasteiger partial charge in [0.05, 0.1) is 5.56 Å². The molecular weight excluding hydrogens is 243 g/mol. The molecule has 0 aromatic heterocycles. The zero-order chi connectivity index (χ0) is 13.8. The van der Waals surface area contributed by atoms with Crippen LogP contribution in [0.5, 0.6) is 0 Å². The first kappa shape index (κ1) is 13.4. The number of halogens is 1. The van der Waals surface area contributed by atoms with Crippen molar-refractivity contribution in [2.24, 2.45) is 0 Å². The standard InChI is InChI=1S/C16H15FO2/c1-11-8-9-14(17)13(10-11)15(18)16(19-2)12-6-4-3-5-7-12/h3-10,16H,1-2H3. The Morgan fingerprint density at radius 3 is 2.47 bits per heavy atom. The van der Waals surface area contributed by atoms with Crippen molar-refractivity contribution in [3.8, 4) is 0 Å². The quantitative estimate of drug-likeness (QED) is 0.781. The maximum Gasteiger partial charge on any atom is 0.199 e. The Bertz CT molecular complexity index is 579. The number of carbonyl (C=O) groups is 1. The lowest BCUT2D eigenvalue weighted by atomic mass is 9.98. The predicted octanol–water partition coefficient (Wildman–Crippen LogP) is 3.70. The minimum absolute atomic E-state index is 0.0655. The van der Waals surface area contributed by atoms with E-state index in [9.17, 15) is 9.18 Å². The molecule has 2 rings (SSSR count). The van der Waals surface area contributed by atoms with E-state index < -0.39 is 11.9 Å². The van der Waals surface area contributed by atoms with Crippen molar-refractivity contribution < 1.29 is 13.9 Å². The van der Waals surface area contributed by atoms with Crippen LogP contribution in [0.2, 0.25) is 0 Å². The molecular formula is C16H15FO2. The summed E-state index contributed by atoms with van der Waals surface area (Å²) >= 11 is 0. The summed E-state index contributed by atoms with van der Waals surface area (Å²) in [5, 5.41) is 0. The van der Waals surface area contributed by atoms with Gasteiger partial charge in [0.15, 0.2) is 5.78 Å². The first-order chi connectivity index (χ1) is 9.13. The number of Topliss-reactive ketones (excluding diaryl/α,β-unsaturated/α-hetero) is 1. The van der Waals surface area contributed by atoms with Crippen LogP contribution in [-0.2, 0) is 4.74 Å². The van der Waals surface area contributed by atoms with Crippen molar-refractivity contribution in [3.63, 3.8) is 0 Å². The van der Waals surface area contributed by atoms with Gasteiger partial charge in [-0.05, 0) is 24.6 Å². The van der Waals surface area contributed by atoms with E-state index >= 15 is 0 Å². The molecule has 0 saturated carbocycles. The highest BCUT2D eigenvalue weighted by atomic mass is 19.1. The molecule has 0 spiro atoms. The number of rotatable bonds is 4. The molecule has 0 heterocycles. The summed E-state index contributed by atoms with van der Waals surface area (Å²) in [6, 6.07) is 13.6. The minimum atomic E-state index is -0.780. The van der Waals surface area contributed by atoms with E-state index in [1.165, 1.54) is 13.2 Å². The van der Waals surface area contributed by atoms with Crippen LogP contribution in [0.4, 0.5) is 4.39 Å². The molecule has 0 aliphatic heterocycles. The summed E-state index contributed by atoms with van der Waals surface area (Å²) in [6.45, 7) is 1.82. The fourth-order valence-corrected chi connectivity index (χ4v) is 1.99. The number of ketones is 1. The topological polar surface area (TPSA) is 26.3 Å². The molecule has 2 aromatic rings. The summed E-state index contributed by atoms with van der Waals surface area (Å²) in [5.74, 6) is -0.886. The number of methoxy groups -OCH3 is 1. The van der Waals surface area contributed by atoms with Crippen molar-refractivity contribution in [2.75, 3.05) is 7.11 Å². The van der Waals surface area contributed by atoms with Gasteiger partial charge in [0, 0.05) is 7.11 Å². The van der Waals surface area contributed by atoms with Crippen LogP contribution < -0.4 is 0 Å². The van der Waals surface area contributed by atoms with Crippen molar-refractivity contribution in [3.05, 3.63) is 71.0 Å². The van der Waals surface area contributed by atoms with E-state index in [2.05, 4.69) is 0 Å². The number of hydrogen-bond acceptors (Lipinski definition) is 2. The van der Waals surface area contributed by atoms with Gasteiger partial charge in [0.25, 0.3) is 0 Å². The van der Waals surface area contributed by atoms with E-state index in [4.69, 9.17) is 4.74 Å². The van der Waals surface area contributed by atoms with Gasteiger partial charge in [0.2, 0.25) is 0 Å². The lowest BCUT2D eigenvalue weighted by molar-refractivity contribution is 0.0600. The molecule has 0 bridgehead atoms. The van der Waals surface area contributed by atoms with E-state index in [0.717, 1.165) is 11.1 Å². The highest BCUT2D eigenvalue weighted by Gasteiger charge is 2.24. The molecule has 0 N–H and O–H groups in total. The minimum Gasteiger partial charge on any atom is -0.369 e. The number of hydrogen-bond donors (Lipinski definition) is 0. The molecule has 1 unspecified atom stereocenters. The van der Waals surface area contributed by atoms with Crippen molar-refractivity contribution in [2.45, 2.75) is 13.0 Å². The fraction of sp³-hybridized carbons (Fsp3) is 0.188. The summed E-state index contributed by atoms with van der Waals surface area (Å²) in [4.78, 5) is 12.4. The van der Waals surface area contributed by atoms with E-state index in [-0.39, 0.29) is 11.3 Å². The summed E-state index contributed by atoms with van der Waals surface area (Å²) in [5.41, 5.74) is 1.62. The average Bonchev–Trinajstić information content (AvgIpc) is 2.43. The largest absolute Gasteiger partial charge is 0.369 e. The normalized spacial score (nSPS) is 12.2. The van der Waals surface area contributed by atoms with Crippen molar-refractivity contribution >= 4 is 5.78 Å². The molecule has 2 nitrogen and oxygen atoms in total. The molecule has 98 valence electrons. The zero-order valence-corrected chi connectivity index (χ0v) is 10.9. The first-order valence-corrected chi connectivity index (χ1v) is 6.01. The Hall–Kier alpha value is -2.00. The average molecular weight is 258 g/mol. The van der Waals surface area contributed by atoms with Crippen LogP contribution in [0.15, 0.2) is 48.5 Å². The van der Waals surface area contributed by atoms with Crippen LogP contribution in [0.1, 0.15) is 27.6 Å². The molecule has 0 saturated heterocycles. The Balaban J connectivity index is 2.39. The monoisotopic (exact) mass is 258 g/mol. The number of aryl methyl sites for hydroxylation is 1. The van der Waals surface area contributed by atoms with Crippen LogP contribution >= 0.6 is 0 Å². The molecule has 0 aliphatic rings. The maximum atomic E-state index is 13.8. The molecule has 1 atom stereocenters. The highest BCUT2D eigenvalue weighted by Crippen LogP contribution is 2.23. The number of benzene rings is 2. The Morgan fingerprint density at radius 1 is 1.16 bits per heavy atom. The third-order valence-electron chi connectivity index (χ3n) is 2.96. The second-order valence-corrected chi connectivity index (χ2v) is 4.37. The van der Waals surface area contributed by atoms with Gasteiger partial charge >= 0.3 is 0 Å². The van der Waals surface area contributed by atoms with Gasteiger partial charge in [0.1, 0.15) is 11.9 Å². The molecule has 0 fully saturated rings. The molecule has 0 aliphatic carbocycles. The van der Waals surface area contributed by atoms with Gasteiger partial charge in [-0.25, -0.2) is 4.39 Å². The van der Waals surface area contributed by atoms with Crippen molar-refractivity contribution in [1.82, 2.24) is 0 Å². The third kappa shape index (κ3) is 2.88. The van der Waals surface area contributed by atoms with E-state index in [1.54, 1.807) is 24.3 Å². The Morgan fingerprint density at radius 2 is 1.84 bits per heavy atom. The van der Waals surface area contributed by atoms with Crippen LogP contribution in [0.3, 0.4) is 0 Å². The Labute approximate surface area is 111 Å². The zero-order valence-electron chi connectivity index (χ0n) is 10.9. The SMILES string of the molecule is COC(C(=O)c1cc(C)ccc1F)c1ccccc1. The lowest BCUT2D eigenvalue weighted by Gasteiger charge is -2.15. The van der Waals surface area contributed by atoms with Crippen molar-refractivity contribution in [1.29, 1.82) is 0 Å². The summed E-state index contributed by atoms with van der Waals surface area (Å²) < 4.78 is 19.0. The van der Waals surface area contributed by atoms with Crippen LogP contribution in [0.25, 0.3) is 0 Å². The second-order valence-electron chi connectivity index (χ2n) is 4.37. The predicted molar refractivity (Wildman–Crippen MR) is 71.7 cm³/mol. The highest BCUT2D eigenvalue weighted by molar-refractivity contribution is 6.00. The maximum absolute atomic E-state index is 13.8. The molecule has 0 amide bonds. The number of ether oxygens (including phenoxy) is 1. The van der Waals surface area contributed by atoms with E-state index in [0.29, 0.717) is 0 Å². The lowest BCUT2D eigenvalue weighted by Crippen LogP contribution is -2.16.